The van der Waals surface area contributed by atoms with E-state index in [2.05, 4.69) is 26.2 Å². The first kappa shape index (κ1) is 12.6. The summed E-state index contributed by atoms with van der Waals surface area (Å²) in [6.07, 6.45) is 2.35. The summed E-state index contributed by atoms with van der Waals surface area (Å²) >= 11 is 3.28. The highest BCUT2D eigenvalue weighted by molar-refractivity contribution is 9.09. The molecule has 0 radical (unpaired) electrons. The molecule has 0 aliphatic carbocycles. The van der Waals surface area contributed by atoms with Gasteiger partial charge in [-0.15, -0.1) is 5.10 Å². The number of nitro benzene ring substituents is 1. The lowest BCUT2D eigenvalue weighted by atomic mass is 10.2. The Morgan fingerprint density at radius 3 is 2.94 bits per heavy atom. The van der Waals surface area contributed by atoms with Gasteiger partial charge in [-0.2, -0.15) is 4.39 Å². The second-order valence-corrected chi connectivity index (χ2v) is 4.28. The van der Waals surface area contributed by atoms with Crippen LogP contribution in [-0.4, -0.2) is 25.2 Å². The highest BCUT2D eigenvalue weighted by Crippen LogP contribution is 2.20. The summed E-state index contributed by atoms with van der Waals surface area (Å²) in [7, 11) is 0. The van der Waals surface area contributed by atoms with Crippen LogP contribution in [0.2, 0.25) is 0 Å². The Balaban J connectivity index is 2.38. The van der Waals surface area contributed by atoms with Gasteiger partial charge < -0.3 is 0 Å². The maximum Gasteiger partial charge on any atom is 0.306 e. The van der Waals surface area contributed by atoms with Gasteiger partial charge in [0.05, 0.1) is 22.5 Å². The van der Waals surface area contributed by atoms with Gasteiger partial charge in [-0.1, -0.05) is 21.1 Å². The summed E-state index contributed by atoms with van der Waals surface area (Å²) in [5.74, 6) is -0.871. The van der Waals surface area contributed by atoms with Crippen LogP contribution in [0.5, 0.6) is 0 Å². The van der Waals surface area contributed by atoms with Gasteiger partial charge in [-0.05, 0) is 12.1 Å². The second-order valence-electron chi connectivity index (χ2n) is 3.49. The van der Waals surface area contributed by atoms with E-state index in [0.29, 0.717) is 12.1 Å². The molecular formula is C10H8BrFN4O2. The minimum Gasteiger partial charge on any atom is -0.258 e. The predicted octanol–water partition coefficient (Wildman–Crippen LogP) is 2.25. The summed E-state index contributed by atoms with van der Waals surface area (Å²) in [5, 5.41) is 19.1. The average Bonchev–Trinajstić information content (AvgIpc) is 2.78. The topological polar surface area (TPSA) is 73.8 Å². The van der Waals surface area contributed by atoms with Crippen LogP contribution in [-0.2, 0) is 6.42 Å². The van der Waals surface area contributed by atoms with Crippen molar-refractivity contribution >= 4 is 21.6 Å². The number of benzene rings is 1. The van der Waals surface area contributed by atoms with Crippen LogP contribution < -0.4 is 0 Å². The number of nitrogens with zero attached hydrogens (tertiary/aromatic N) is 4. The molecule has 2 aromatic rings. The van der Waals surface area contributed by atoms with Crippen LogP contribution in [0, 0.1) is 15.9 Å². The zero-order valence-corrected chi connectivity index (χ0v) is 10.7. The summed E-state index contributed by atoms with van der Waals surface area (Å²) in [5.41, 5.74) is 0.570. The summed E-state index contributed by atoms with van der Waals surface area (Å²) in [6, 6.07) is 3.58. The summed E-state index contributed by atoms with van der Waals surface area (Å²) < 4.78 is 14.5. The van der Waals surface area contributed by atoms with E-state index in [1.807, 2.05) is 0 Å². The Morgan fingerprint density at radius 2 is 2.28 bits per heavy atom. The van der Waals surface area contributed by atoms with Gasteiger partial charge in [-0.25, -0.2) is 4.68 Å². The zero-order valence-electron chi connectivity index (χ0n) is 9.08. The molecule has 0 spiro atoms. The third-order valence-electron chi connectivity index (χ3n) is 2.28. The van der Waals surface area contributed by atoms with Crippen molar-refractivity contribution in [2.45, 2.75) is 6.42 Å². The van der Waals surface area contributed by atoms with Crippen LogP contribution in [0.3, 0.4) is 0 Å². The molecule has 8 heteroatoms. The zero-order chi connectivity index (χ0) is 13.1. The van der Waals surface area contributed by atoms with Gasteiger partial charge >= 0.3 is 5.69 Å². The van der Waals surface area contributed by atoms with E-state index < -0.39 is 16.4 Å². The van der Waals surface area contributed by atoms with E-state index in [1.54, 1.807) is 6.20 Å². The molecule has 0 fully saturated rings. The van der Waals surface area contributed by atoms with E-state index in [-0.39, 0.29) is 0 Å². The summed E-state index contributed by atoms with van der Waals surface area (Å²) in [4.78, 5) is 9.86. The molecule has 2 rings (SSSR count). The van der Waals surface area contributed by atoms with Crippen molar-refractivity contribution in [3.8, 4) is 5.69 Å². The van der Waals surface area contributed by atoms with Crippen LogP contribution >= 0.6 is 15.9 Å². The molecule has 1 aromatic heterocycles. The molecule has 0 amide bonds. The molecule has 1 aromatic carbocycles. The Hall–Kier alpha value is -1.83. The first-order chi connectivity index (χ1) is 8.61. The van der Waals surface area contributed by atoms with Gasteiger partial charge in [0.1, 0.15) is 0 Å². The molecule has 0 atom stereocenters. The van der Waals surface area contributed by atoms with Crippen molar-refractivity contribution in [2.24, 2.45) is 0 Å². The quantitative estimate of drug-likeness (QED) is 0.493. The number of halogens is 2. The standard InChI is InChI=1S/C10H8BrFN4O2/c11-4-3-7-6-15(14-13-7)8-1-2-9(12)10(5-8)16(17)18/h1-2,5-6H,3-4H2. The molecule has 0 aliphatic heterocycles. The SMILES string of the molecule is O=[N+]([O-])c1cc(-n2cc(CCBr)nn2)ccc1F. The summed E-state index contributed by atoms with van der Waals surface area (Å²) in [6.45, 7) is 0. The normalized spacial score (nSPS) is 10.6. The maximum atomic E-state index is 13.2. The molecule has 0 unspecified atom stereocenters. The number of aromatic nitrogens is 3. The molecule has 94 valence electrons. The van der Waals surface area contributed by atoms with Crippen LogP contribution in [0.15, 0.2) is 24.4 Å². The lowest BCUT2D eigenvalue weighted by Crippen LogP contribution is -1.98. The lowest BCUT2D eigenvalue weighted by Gasteiger charge is -2.00. The second kappa shape index (κ2) is 5.21. The van der Waals surface area contributed by atoms with E-state index in [1.165, 1.54) is 10.7 Å². The molecule has 0 N–H and O–H groups in total. The van der Waals surface area contributed by atoms with E-state index in [9.17, 15) is 14.5 Å². The van der Waals surface area contributed by atoms with E-state index in [0.717, 1.165) is 23.2 Å². The fraction of sp³-hybridized carbons (Fsp3) is 0.200. The van der Waals surface area contributed by atoms with Crippen molar-refractivity contribution in [3.05, 3.63) is 46.0 Å². The number of hydrogen-bond donors (Lipinski definition) is 0. The largest absolute Gasteiger partial charge is 0.306 e. The molecule has 0 saturated carbocycles. The van der Waals surface area contributed by atoms with Crippen LogP contribution in [0.1, 0.15) is 5.69 Å². The Morgan fingerprint density at radius 1 is 1.50 bits per heavy atom. The number of nitro groups is 1. The number of hydrogen-bond acceptors (Lipinski definition) is 4. The van der Waals surface area contributed by atoms with Gasteiger partial charge in [-0.3, -0.25) is 10.1 Å². The van der Waals surface area contributed by atoms with Crippen LogP contribution in [0.4, 0.5) is 10.1 Å². The fourth-order valence-electron chi connectivity index (χ4n) is 1.42. The minimum absolute atomic E-state index is 0.399. The van der Waals surface area contributed by atoms with Gasteiger partial charge in [0, 0.05) is 17.8 Å². The van der Waals surface area contributed by atoms with Gasteiger partial charge in [0.25, 0.3) is 0 Å². The third kappa shape index (κ3) is 2.53. The highest BCUT2D eigenvalue weighted by Gasteiger charge is 2.15. The minimum atomic E-state index is -0.871. The van der Waals surface area contributed by atoms with Gasteiger partial charge in [0.2, 0.25) is 5.82 Å². The number of rotatable bonds is 4. The fourth-order valence-corrected chi connectivity index (χ4v) is 1.83. The molecule has 1 heterocycles. The van der Waals surface area contributed by atoms with Gasteiger partial charge in [0.15, 0.2) is 0 Å². The maximum absolute atomic E-state index is 13.2. The van der Waals surface area contributed by atoms with Crippen molar-refractivity contribution in [3.63, 3.8) is 0 Å². The molecule has 0 bridgehead atoms. The van der Waals surface area contributed by atoms with Crippen molar-refractivity contribution in [1.29, 1.82) is 0 Å². The number of aryl methyl sites for hydroxylation is 1. The van der Waals surface area contributed by atoms with Crippen LogP contribution in [0.25, 0.3) is 5.69 Å². The van der Waals surface area contributed by atoms with Crippen molar-refractivity contribution in [2.75, 3.05) is 5.33 Å². The molecule has 6 nitrogen and oxygen atoms in total. The molecular weight excluding hydrogens is 307 g/mol. The van der Waals surface area contributed by atoms with E-state index >= 15 is 0 Å². The predicted molar refractivity (Wildman–Crippen MR) is 65.5 cm³/mol. The third-order valence-corrected chi connectivity index (χ3v) is 2.68. The molecule has 0 aliphatic rings. The smallest absolute Gasteiger partial charge is 0.258 e. The van der Waals surface area contributed by atoms with E-state index in [4.69, 9.17) is 0 Å². The number of alkyl halides is 1. The van der Waals surface area contributed by atoms with Crippen molar-refractivity contribution in [1.82, 2.24) is 15.0 Å². The first-order valence-electron chi connectivity index (χ1n) is 5.03. The molecule has 18 heavy (non-hydrogen) atoms. The Bertz CT molecular complexity index is 587. The Labute approximate surface area is 110 Å². The monoisotopic (exact) mass is 314 g/mol. The van der Waals surface area contributed by atoms with Crippen molar-refractivity contribution < 1.29 is 9.31 Å². The first-order valence-corrected chi connectivity index (χ1v) is 6.15. The lowest BCUT2D eigenvalue weighted by molar-refractivity contribution is -0.387. The Kier molecular flexibility index (Phi) is 3.66. The average molecular weight is 315 g/mol. The molecule has 0 saturated heterocycles. The highest BCUT2D eigenvalue weighted by atomic mass is 79.9.